The fraction of sp³-hybridized carbons (Fsp3) is 0.800. The molecule has 5 rings (SSSR count). The quantitative estimate of drug-likeness (QED) is 0.781. The summed E-state index contributed by atoms with van der Waals surface area (Å²) in [5.74, 6) is 2.46. The summed E-state index contributed by atoms with van der Waals surface area (Å²) in [6, 6.07) is 0. The van der Waals surface area contributed by atoms with Crippen LogP contribution < -0.4 is 5.46 Å². The normalized spacial score (nSPS) is 38.2. The molecule has 116 valence electrons. The van der Waals surface area contributed by atoms with Crippen LogP contribution >= 0.6 is 0 Å². The Morgan fingerprint density at radius 3 is 2.10 bits per heavy atom. The number of aromatic nitrogens is 2. The van der Waals surface area contributed by atoms with Crippen molar-refractivity contribution in [2.24, 2.45) is 23.2 Å². The maximum Gasteiger partial charge on any atom is 0.512 e. The van der Waals surface area contributed by atoms with Gasteiger partial charge >= 0.3 is 6.98 Å². The van der Waals surface area contributed by atoms with Gasteiger partial charge in [-0.05, 0) is 74.8 Å². The number of nitrogens with zero attached hydrogens (tertiary/aromatic N) is 2. The highest BCUT2D eigenvalue weighted by Crippen LogP contribution is 2.60. The largest absolute Gasteiger partial charge is 0.512 e. The fourth-order valence-corrected chi connectivity index (χ4v) is 5.76. The van der Waals surface area contributed by atoms with Crippen molar-refractivity contribution in [2.45, 2.75) is 52.0 Å². The first-order chi connectivity index (χ1) is 9.83. The Morgan fingerprint density at radius 2 is 1.67 bits per heavy atom. The third kappa shape index (κ3) is 2.31. The van der Waals surface area contributed by atoms with Crippen LogP contribution in [0.1, 0.15) is 44.2 Å². The van der Waals surface area contributed by atoms with E-state index in [-0.39, 0.29) is 11.1 Å². The van der Waals surface area contributed by atoms with Crippen molar-refractivity contribution in [2.75, 3.05) is 0 Å². The molecule has 0 N–H and O–H groups in total. The number of hydrogen-bond acceptors (Lipinski definition) is 1. The Kier molecular flexibility index (Phi) is 2.80. The van der Waals surface area contributed by atoms with E-state index in [0.29, 0.717) is 6.54 Å². The molecule has 4 saturated carbocycles. The molecule has 1 heterocycles. The minimum absolute atomic E-state index is 0.132. The van der Waals surface area contributed by atoms with E-state index in [1.54, 1.807) is 4.68 Å². The lowest BCUT2D eigenvalue weighted by Gasteiger charge is -2.56. The van der Waals surface area contributed by atoms with Gasteiger partial charge in [-0.25, -0.2) is 0 Å². The highest BCUT2D eigenvalue weighted by Gasteiger charge is 2.51. The van der Waals surface area contributed by atoms with Crippen LogP contribution in [0.25, 0.3) is 0 Å². The van der Waals surface area contributed by atoms with Gasteiger partial charge in [0.05, 0.1) is 0 Å². The fourth-order valence-electron chi connectivity index (χ4n) is 5.76. The molecule has 0 spiro atoms. The average molecular weight is 297 g/mol. The highest BCUT2D eigenvalue weighted by molar-refractivity contribution is 6.73. The molecule has 2 nitrogen and oxygen atoms in total. The molecule has 0 atom stereocenters. The molecular weight excluding hydrogens is 276 g/mol. The van der Waals surface area contributed by atoms with Crippen molar-refractivity contribution in [3.05, 3.63) is 11.9 Å². The van der Waals surface area contributed by atoms with E-state index in [1.165, 1.54) is 51.6 Å². The summed E-state index contributed by atoms with van der Waals surface area (Å²) in [6.45, 7) is -2.79. The predicted octanol–water partition coefficient (Wildman–Crippen LogP) is 3.46. The molecular formula is C15H21BF3N2-. The van der Waals surface area contributed by atoms with Gasteiger partial charge in [0.1, 0.15) is 0 Å². The van der Waals surface area contributed by atoms with Crippen LogP contribution in [0.2, 0.25) is 0 Å². The lowest BCUT2D eigenvalue weighted by Crippen LogP contribution is -2.48. The van der Waals surface area contributed by atoms with Crippen molar-refractivity contribution < 1.29 is 12.9 Å². The molecule has 0 radical (unpaired) electrons. The molecule has 4 aliphatic carbocycles. The van der Waals surface area contributed by atoms with Crippen molar-refractivity contribution in [3.8, 4) is 0 Å². The zero-order valence-corrected chi connectivity index (χ0v) is 12.4. The summed E-state index contributed by atoms with van der Waals surface area (Å²) < 4.78 is 40.5. The molecule has 4 aliphatic rings. The number of rotatable bonds is 3. The van der Waals surface area contributed by atoms with Crippen molar-refractivity contribution in [3.63, 3.8) is 0 Å². The lowest BCUT2D eigenvalue weighted by atomic mass is 9.49. The van der Waals surface area contributed by atoms with Gasteiger partial charge < -0.3 is 12.9 Å². The minimum atomic E-state index is -4.94. The van der Waals surface area contributed by atoms with Crippen LogP contribution in [0, 0.1) is 30.1 Å². The van der Waals surface area contributed by atoms with E-state index in [2.05, 4.69) is 5.10 Å². The molecule has 0 amide bonds. The maximum absolute atomic E-state index is 13.0. The Morgan fingerprint density at radius 1 is 1.14 bits per heavy atom. The summed E-state index contributed by atoms with van der Waals surface area (Å²) in [5, 5.41) is 4.17. The van der Waals surface area contributed by atoms with Crippen LogP contribution in [0.15, 0.2) is 6.20 Å². The smallest absolute Gasteiger partial charge is 0.445 e. The molecule has 4 bridgehead atoms. The van der Waals surface area contributed by atoms with Gasteiger partial charge in [0, 0.05) is 12.2 Å². The van der Waals surface area contributed by atoms with Crippen LogP contribution in [0.5, 0.6) is 0 Å². The van der Waals surface area contributed by atoms with E-state index in [4.69, 9.17) is 0 Å². The first-order valence-electron chi connectivity index (χ1n) is 8.07. The topological polar surface area (TPSA) is 17.8 Å². The summed E-state index contributed by atoms with van der Waals surface area (Å²) in [6.07, 6.45) is 8.91. The van der Waals surface area contributed by atoms with Crippen LogP contribution in [-0.2, 0) is 6.54 Å². The minimum Gasteiger partial charge on any atom is -0.445 e. The third-order valence-electron chi connectivity index (χ3n) is 6.00. The van der Waals surface area contributed by atoms with Gasteiger partial charge in [-0.1, -0.05) is 5.46 Å². The molecule has 0 unspecified atom stereocenters. The third-order valence-corrected chi connectivity index (χ3v) is 6.00. The summed E-state index contributed by atoms with van der Waals surface area (Å²) in [5.41, 5.74) is -0.157. The van der Waals surface area contributed by atoms with Gasteiger partial charge in [-0.3, -0.25) is 4.68 Å². The lowest BCUT2D eigenvalue weighted by molar-refractivity contribution is -0.0635. The van der Waals surface area contributed by atoms with Gasteiger partial charge in [0.25, 0.3) is 0 Å². The van der Waals surface area contributed by atoms with Gasteiger partial charge in [0.15, 0.2) is 0 Å². The summed E-state index contributed by atoms with van der Waals surface area (Å²) in [4.78, 5) is 0. The maximum atomic E-state index is 13.0. The standard InChI is InChI=1S/C15H21BF3N2/c1-10-14(16(17,18)19)8-21(20-10)9-15-5-11-2-12(6-15)4-13(3-11)7-15/h8,11-13H,2-7,9H2,1H3/q-1. The molecule has 0 saturated heterocycles. The van der Waals surface area contributed by atoms with Crippen molar-refractivity contribution in [1.29, 1.82) is 0 Å². The predicted molar refractivity (Wildman–Crippen MR) is 76.3 cm³/mol. The Bertz CT molecular complexity index is 528. The van der Waals surface area contributed by atoms with Crippen LogP contribution in [0.3, 0.4) is 0 Å². The van der Waals surface area contributed by atoms with E-state index < -0.39 is 12.4 Å². The second kappa shape index (κ2) is 4.29. The molecule has 21 heavy (non-hydrogen) atoms. The average Bonchev–Trinajstić information content (AvgIpc) is 2.67. The first kappa shape index (κ1) is 13.7. The molecule has 4 fully saturated rings. The van der Waals surface area contributed by atoms with Crippen molar-refractivity contribution >= 4 is 12.4 Å². The summed E-state index contributed by atoms with van der Waals surface area (Å²) >= 11 is 0. The van der Waals surface area contributed by atoms with Gasteiger partial charge in [-0.2, -0.15) is 5.10 Å². The van der Waals surface area contributed by atoms with Crippen LogP contribution in [-0.4, -0.2) is 16.8 Å². The molecule has 1 aromatic rings. The number of hydrogen-bond donors (Lipinski definition) is 0. The van der Waals surface area contributed by atoms with E-state index >= 15 is 0 Å². The van der Waals surface area contributed by atoms with Gasteiger partial charge in [-0.15, -0.1) is 0 Å². The molecule has 6 heteroatoms. The second-order valence-corrected chi connectivity index (χ2v) is 7.86. The van der Waals surface area contributed by atoms with E-state index in [1.807, 2.05) is 0 Å². The Hall–Kier alpha value is -0.935. The Balaban J connectivity index is 1.59. The number of halogens is 3. The Labute approximate surface area is 123 Å². The van der Waals surface area contributed by atoms with Crippen LogP contribution in [0.4, 0.5) is 12.9 Å². The molecule has 0 aromatic carbocycles. The second-order valence-electron chi connectivity index (χ2n) is 7.86. The SMILES string of the molecule is Cc1nn(CC23CC4CC(CC(C4)C2)C3)cc1[B-](F)(F)F. The highest BCUT2D eigenvalue weighted by atomic mass is 19.4. The molecule has 1 aromatic heterocycles. The molecule has 0 aliphatic heterocycles. The zero-order chi connectivity index (χ0) is 14.8. The van der Waals surface area contributed by atoms with Gasteiger partial charge in [0.2, 0.25) is 0 Å². The van der Waals surface area contributed by atoms with E-state index in [0.717, 1.165) is 17.8 Å². The van der Waals surface area contributed by atoms with E-state index in [9.17, 15) is 12.9 Å². The van der Waals surface area contributed by atoms with Crippen molar-refractivity contribution in [1.82, 2.24) is 9.78 Å². The monoisotopic (exact) mass is 297 g/mol. The summed E-state index contributed by atoms with van der Waals surface area (Å²) in [7, 11) is 0. The zero-order valence-electron chi connectivity index (χ0n) is 12.4. The number of aryl methyl sites for hydroxylation is 1. The first-order valence-corrected chi connectivity index (χ1v) is 8.07.